The number of rotatable bonds is 4. The maximum absolute atomic E-state index is 13.6. The van der Waals surface area contributed by atoms with E-state index in [4.69, 9.17) is 4.74 Å². The van der Waals surface area contributed by atoms with Crippen molar-refractivity contribution < 1.29 is 13.9 Å². The molecule has 1 aliphatic rings. The van der Waals surface area contributed by atoms with Crippen molar-refractivity contribution in [2.24, 2.45) is 0 Å². The number of benzene rings is 1. The van der Waals surface area contributed by atoms with Crippen molar-refractivity contribution in [3.05, 3.63) is 53.5 Å². The van der Waals surface area contributed by atoms with Crippen molar-refractivity contribution in [2.45, 2.75) is 25.9 Å². The first kappa shape index (κ1) is 15.4. The minimum atomic E-state index is -0.345. The summed E-state index contributed by atoms with van der Waals surface area (Å²) in [6, 6.07) is 9.96. The van der Waals surface area contributed by atoms with Gasteiger partial charge in [-0.15, -0.1) is 5.10 Å². The lowest BCUT2D eigenvalue weighted by molar-refractivity contribution is -0.129. The number of hydrogen-bond acceptors (Lipinski definition) is 4. The summed E-state index contributed by atoms with van der Waals surface area (Å²) in [7, 11) is 0. The Bertz CT molecular complexity index is 690. The summed E-state index contributed by atoms with van der Waals surface area (Å²) >= 11 is 0. The van der Waals surface area contributed by atoms with Gasteiger partial charge in [-0.2, -0.15) is 5.10 Å². The van der Waals surface area contributed by atoms with Crippen molar-refractivity contribution in [2.75, 3.05) is 13.1 Å². The van der Waals surface area contributed by atoms with Crippen molar-refractivity contribution >= 4 is 5.91 Å². The van der Waals surface area contributed by atoms with Crippen LogP contribution >= 0.6 is 0 Å². The van der Waals surface area contributed by atoms with Crippen LogP contribution in [0.5, 0.6) is 5.88 Å². The molecule has 1 fully saturated rings. The third kappa shape index (κ3) is 3.83. The van der Waals surface area contributed by atoms with Gasteiger partial charge in [0, 0.05) is 19.0 Å². The van der Waals surface area contributed by atoms with Crippen LogP contribution in [0.2, 0.25) is 0 Å². The van der Waals surface area contributed by atoms with Crippen LogP contribution in [0.1, 0.15) is 17.7 Å². The minimum Gasteiger partial charge on any atom is -0.471 e. The lowest BCUT2D eigenvalue weighted by Crippen LogP contribution is -2.32. The molecule has 0 bridgehead atoms. The number of likely N-dealkylation sites (tertiary alicyclic amines) is 1. The molecule has 0 aliphatic carbocycles. The lowest BCUT2D eigenvalue weighted by Gasteiger charge is -2.17. The zero-order valence-corrected chi connectivity index (χ0v) is 12.9. The van der Waals surface area contributed by atoms with E-state index in [0.29, 0.717) is 24.5 Å². The molecule has 5 nitrogen and oxygen atoms in total. The largest absolute Gasteiger partial charge is 0.471 e. The molecule has 120 valence electrons. The molecular weight excluding hydrogens is 297 g/mol. The Morgan fingerprint density at radius 3 is 2.87 bits per heavy atom. The Kier molecular flexibility index (Phi) is 4.50. The number of hydrogen-bond donors (Lipinski definition) is 0. The molecule has 1 aromatic heterocycles. The number of aryl methyl sites for hydroxylation is 1. The fraction of sp³-hybridized carbons (Fsp3) is 0.353. The second-order valence-corrected chi connectivity index (χ2v) is 5.65. The predicted octanol–water partition coefficient (Wildman–Crippen LogP) is 2.15. The highest BCUT2D eigenvalue weighted by Crippen LogP contribution is 2.18. The van der Waals surface area contributed by atoms with Crippen LogP contribution in [0.25, 0.3) is 0 Å². The molecule has 0 N–H and O–H groups in total. The van der Waals surface area contributed by atoms with E-state index in [2.05, 4.69) is 10.2 Å². The SMILES string of the molecule is Cc1ccc(O[C@H]2CCN(C(=O)Cc3ccccc3F)C2)nn1. The van der Waals surface area contributed by atoms with E-state index in [1.54, 1.807) is 29.2 Å². The van der Waals surface area contributed by atoms with Gasteiger partial charge in [-0.25, -0.2) is 4.39 Å². The molecular formula is C17H18FN3O2. The molecule has 23 heavy (non-hydrogen) atoms. The first-order valence-electron chi connectivity index (χ1n) is 7.60. The zero-order chi connectivity index (χ0) is 16.2. The van der Waals surface area contributed by atoms with E-state index >= 15 is 0 Å². The van der Waals surface area contributed by atoms with Crippen molar-refractivity contribution in [3.8, 4) is 5.88 Å². The Morgan fingerprint density at radius 2 is 2.13 bits per heavy atom. The van der Waals surface area contributed by atoms with Crippen molar-refractivity contribution in [1.82, 2.24) is 15.1 Å². The highest BCUT2D eigenvalue weighted by Gasteiger charge is 2.28. The van der Waals surface area contributed by atoms with Gasteiger partial charge in [-0.05, 0) is 24.6 Å². The van der Waals surface area contributed by atoms with Gasteiger partial charge in [0.1, 0.15) is 11.9 Å². The van der Waals surface area contributed by atoms with Gasteiger partial charge in [0.05, 0.1) is 18.7 Å². The predicted molar refractivity (Wildman–Crippen MR) is 82.5 cm³/mol. The van der Waals surface area contributed by atoms with Gasteiger partial charge < -0.3 is 9.64 Å². The summed E-state index contributed by atoms with van der Waals surface area (Å²) in [5.74, 6) is 0.0305. The average molecular weight is 315 g/mol. The summed E-state index contributed by atoms with van der Waals surface area (Å²) in [5.41, 5.74) is 1.25. The third-order valence-electron chi connectivity index (χ3n) is 3.86. The van der Waals surface area contributed by atoms with Gasteiger partial charge in [0.15, 0.2) is 0 Å². The van der Waals surface area contributed by atoms with Crippen LogP contribution in [-0.4, -0.2) is 40.2 Å². The van der Waals surface area contributed by atoms with Crippen LogP contribution in [0.15, 0.2) is 36.4 Å². The summed E-state index contributed by atoms with van der Waals surface area (Å²) in [5, 5.41) is 7.91. The van der Waals surface area contributed by atoms with Gasteiger partial charge in [-0.3, -0.25) is 4.79 Å². The van der Waals surface area contributed by atoms with E-state index in [-0.39, 0.29) is 24.2 Å². The fourth-order valence-corrected chi connectivity index (χ4v) is 2.59. The normalized spacial score (nSPS) is 17.3. The number of carbonyl (C=O) groups is 1. The maximum Gasteiger partial charge on any atom is 0.233 e. The number of aromatic nitrogens is 2. The van der Waals surface area contributed by atoms with Gasteiger partial charge in [0.2, 0.25) is 11.8 Å². The molecule has 1 atom stereocenters. The smallest absolute Gasteiger partial charge is 0.233 e. The van der Waals surface area contributed by atoms with Crippen LogP contribution in [0.3, 0.4) is 0 Å². The zero-order valence-electron chi connectivity index (χ0n) is 12.9. The van der Waals surface area contributed by atoms with Crippen molar-refractivity contribution in [3.63, 3.8) is 0 Å². The molecule has 1 amide bonds. The molecule has 1 aromatic carbocycles. The number of amides is 1. The molecule has 0 saturated carbocycles. The molecule has 0 unspecified atom stereocenters. The third-order valence-corrected chi connectivity index (χ3v) is 3.86. The van der Waals surface area contributed by atoms with Gasteiger partial charge in [-0.1, -0.05) is 18.2 Å². The highest BCUT2D eigenvalue weighted by atomic mass is 19.1. The molecule has 0 spiro atoms. The molecule has 3 rings (SSSR count). The number of ether oxygens (including phenoxy) is 1. The van der Waals surface area contributed by atoms with Crippen LogP contribution in [0.4, 0.5) is 4.39 Å². The molecule has 2 heterocycles. The Hall–Kier alpha value is -2.50. The summed E-state index contributed by atoms with van der Waals surface area (Å²) in [4.78, 5) is 14.0. The van der Waals surface area contributed by atoms with E-state index in [1.807, 2.05) is 13.0 Å². The second kappa shape index (κ2) is 6.73. The van der Waals surface area contributed by atoms with E-state index in [0.717, 1.165) is 12.1 Å². The first-order valence-corrected chi connectivity index (χ1v) is 7.60. The monoisotopic (exact) mass is 315 g/mol. The Labute approximate surface area is 134 Å². The summed E-state index contributed by atoms with van der Waals surface area (Å²) in [6.07, 6.45) is 0.707. The Morgan fingerprint density at radius 1 is 1.30 bits per heavy atom. The lowest BCUT2D eigenvalue weighted by atomic mass is 10.1. The Balaban J connectivity index is 1.55. The standard InChI is InChI=1S/C17H18FN3O2/c1-12-6-7-16(20-19-12)23-14-8-9-21(11-14)17(22)10-13-4-2-3-5-15(13)18/h2-7,14H,8-11H2,1H3/t14-/m0/s1. The number of nitrogens with zero attached hydrogens (tertiary/aromatic N) is 3. The van der Waals surface area contributed by atoms with Gasteiger partial charge in [0.25, 0.3) is 0 Å². The molecule has 0 radical (unpaired) electrons. The first-order chi connectivity index (χ1) is 11.1. The molecule has 1 aliphatic heterocycles. The topological polar surface area (TPSA) is 55.3 Å². The molecule has 1 saturated heterocycles. The van der Waals surface area contributed by atoms with Gasteiger partial charge >= 0.3 is 0 Å². The minimum absolute atomic E-state index is 0.0731. The summed E-state index contributed by atoms with van der Waals surface area (Å²) in [6.45, 7) is 2.95. The molecule has 2 aromatic rings. The van der Waals surface area contributed by atoms with Crippen molar-refractivity contribution in [1.29, 1.82) is 0 Å². The second-order valence-electron chi connectivity index (χ2n) is 5.65. The van der Waals surface area contributed by atoms with E-state index in [9.17, 15) is 9.18 Å². The van der Waals surface area contributed by atoms with E-state index < -0.39 is 0 Å². The average Bonchev–Trinajstić information content (AvgIpc) is 3.00. The highest BCUT2D eigenvalue weighted by molar-refractivity contribution is 5.79. The van der Waals surface area contributed by atoms with Crippen LogP contribution < -0.4 is 4.74 Å². The quantitative estimate of drug-likeness (QED) is 0.867. The van der Waals surface area contributed by atoms with Crippen LogP contribution in [0, 0.1) is 12.7 Å². The maximum atomic E-state index is 13.6. The fourth-order valence-electron chi connectivity index (χ4n) is 2.59. The van der Waals surface area contributed by atoms with E-state index in [1.165, 1.54) is 6.07 Å². The molecule has 6 heteroatoms. The summed E-state index contributed by atoms with van der Waals surface area (Å²) < 4.78 is 19.4. The van der Waals surface area contributed by atoms with Crippen LogP contribution in [-0.2, 0) is 11.2 Å². The number of halogens is 1. The number of carbonyl (C=O) groups excluding carboxylic acids is 1.